The Morgan fingerprint density at radius 1 is 1.18 bits per heavy atom. The van der Waals surface area contributed by atoms with Gasteiger partial charge in [0.15, 0.2) is 5.78 Å². The molecule has 0 spiro atoms. The van der Waals surface area contributed by atoms with Crippen LogP contribution in [0.2, 0.25) is 0 Å². The van der Waals surface area contributed by atoms with E-state index in [1.807, 2.05) is 6.92 Å². The Kier molecular flexibility index (Phi) is 12.3. The van der Waals surface area contributed by atoms with Crippen LogP contribution in [0.4, 0.5) is 4.79 Å². The Balaban J connectivity index is 0.000000290. The van der Waals surface area contributed by atoms with Gasteiger partial charge in [-0.25, -0.2) is 9.59 Å². The summed E-state index contributed by atoms with van der Waals surface area (Å²) in [6.07, 6.45) is 6.12. The highest BCUT2D eigenvalue weighted by molar-refractivity contribution is 5.97. The fourth-order valence-corrected chi connectivity index (χ4v) is 3.97. The number of fused-ring (bicyclic) bond motifs is 1. The Labute approximate surface area is 229 Å². The van der Waals surface area contributed by atoms with Crippen LogP contribution in [0.25, 0.3) is 10.9 Å². The molecule has 9 nitrogen and oxygen atoms in total. The minimum absolute atomic E-state index is 0.116. The normalized spacial score (nSPS) is 11.6. The standard InChI is InChI=1S/C16H21NO6.C14H19NO/c1-4-11(18)14-12(19)9-13(23-15(14)20)10(2)7-5-6-8-17-16(21)22-3;1-4-8-16-13-6-7-14-11(10-13)9-12(5-2)15(14)3/h6,8-10,19H,4-5,7H2,1-3H3,(H,17,21);6-7,9-10H,4-5,8H2,1-3H3/b8-6+;. The van der Waals surface area contributed by atoms with E-state index in [4.69, 9.17) is 9.15 Å². The summed E-state index contributed by atoms with van der Waals surface area (Å²) in [6.45, 7) is 8.53. The molecule has 1 atom stereocenters. The molecule has 0 aliphatic rings. The van der Waals surface area contributed by atoms with E-state index in [9.17, 15) is 19.5 Å². The topological polar surface area (TPSA) is 120 Å². The van der Waals surface area contributed by atoms with E-state index in [0.29, 0.717) is 18.6 Å². The molecule has 0 fully saturated rings. The highest BCUT2D eigenvalue weighted by Crippen LogP contribution is 2.26. The third-order valence-corrected chi connectivity index (χ3v) is 6.25. The molecule has 2 heterocycles. The fourth-order valence-electron chi connectivity index (χ4n) is 3.97. The zero-order valence-corrected chi connectivity index (χ0v) is 23.7. The van der Waals surface area contributed by atoms with Gasteiger partial charge in [-0.3, -0.25) is 10.1 Å². The van der Waals surface area contributed by atoms with Crippen molar-refractivity contribution in [3.63, 3.8) is 0 Å². The monoisotopic (exact) mass is 540 g/mol. The lowest BCUT2D eigenvalue weighted by atomic mass is 10.0. The molecule has 0 saturated carbocycles. The molecular formula is C30H40N2O7. The second-order valence-corrected chi connectivity index (χ2v) is 9.11. The molecule has 2 N–H and O–H groups in total. The predicted molar refractivity (Wildman–Crippen MR) is 152 cm³/mol. The van der Waals surface area contributed by atoms with Crippen LogP contribution in [0, 0.1) is 0 Å². The summed E-state index contributed by atoms with van der Waals surface area (Å²) >= 11 is 0. The molecule has 3 rings (SSSR count). The van der Waals surface area contributed by atoms with Gasteiger partial charge in [-0.1, -0.05) is 33.8 Å². The van der Waals surface area contributed by atoms with Crippen molar-refractivity contribution in [1.82, 2.24) is 9.88 Å². The van der Waals surface area contributed by atoms with Gasteiger partial charge in [-0.05, 0) is 49.9 Å². The Morgan fingerprint density at radius 3 is 2.54 bits per heavy atom. The summed E-state index contributed by atoms with van der Waals surface area (Å²) < 4.78 is 17.4. The van der Waals surface area contributed by atoms with E-state index in [1.165, 1.54) is 36.0 Å². The van der Waals surface area contributed by atoms with Crippen LogP contribution in [0.1, 0.15) is 81.1 Å². The first-order valence-electron chi connectivity index (χ1n) is 13.3. The van der Waals surface area contributed by atoms with E-state index in [2.05, 4.69) is 59.8 Å². The number of nitrogens with zero attached hydrogens (tertiary/aromatic N) is 1. The number of benzene rings is 1. The summed E-state index contributed by atoms with van der Waals surface area (Å²) in [7, 11) is 3.39. The molecule has 1 unspecified atom stereocenters. The first-order chi connectivity index (χ1) is 18.7. The van der Waals surface area contributed by atoms with Gasteiger partial charge >= 0.3 is 11.7 Å². The maximum atomic E-state index is 11.8. The number of nitrogens with one attached hydrogen (secondary N) is 1. The van der Waals surface area contributed by atoms with Crippen molar-refractivity contribution >= 4 is 22.8 Å². The van der Waals surface area contributed by atoms with E-state index < -0.39 is 17.5 Å². The average molecular weight is 541 g/mol. The Morgan fingerprint density at radius 2 is 1.92 bits per heavy atom. The minimum atomic E-state index is -0.818. The number of amides is 1. The van der Waals surface area contributed by atoms with Gasteiger partial charge in [0.1, 0.15) is 22.8 Å². The van der Waals surface area contributed by atoms with Crippen LogP contribution in [0.3, 0.4) is 0 Å². The van der Waals surface area contributed by atoms with Crippen LogP contribution < -0.4 is 15.7 Å². The number of carbonyl (C=O) groups excluding carboxylic acids is 2. The number of aromatic hydroxyl groups is 1. The molecule has 0 radical (unpaired) electrons. The van der Waals surface area contributed by atoms with Crippen molar-refractivity contribution in [2.24, 2.45) is 7.05 Å². The number of hydrogen-bond acceptors (Lipinski definition) is 7. The predicted octanol–water partition coefficient (Wildman–Crippen LogP) is 6.22. The number of aryl methyl sites for hydroxylation is 2. The van der Waals surface area contributed by atoms with Crippen molar-refractivity contribution in [2.75, 3.05) is 13.7 Å². The van der Waals surface area contributed by atoms with Crippen LogP contribution in [0.5, 0.6) is 11.5 Å². The number of ether oxygens (including phenoxy) is 2. The number of carbonyl (C=O) groups is 2. The SMILES string of the molecule is CCC(=O)c1c(O)cc(C(C)CC/C=C/NC(=O)OC)oc1=O.CCCOc1ccc2c(c1)cc(CC)n2C. The molecule has 1 aromatic carbocycles. The molecule has 9 heteroatoms. The van der Waals surface area contributed by atoms with E-state index >= 15 is 0 Å². The van der Waals surface area contributed by atoms with Gasteiger partial charge in [-0.2, -0.15) is 0 Å². The van der Waals surface area contributed by atoms with Crippen LogP contribution in [-0.4, -0.2) is 35.3 Å². The van der Waals surface area contributed by atoms with Gasteiger partial charge in [0.2, 0.25) is 0 Å². The summed E-state index contributed by atoms with van der Waals surface area (Å²) in [5.74, 6) is 0.351. The first-order valence-corrected chi connectivity index (χ1v) is 13.3. The number of hydrogen-bond donors (Lipinski definition) is 2. The number of methoxy groups -OCH3 is 1. The Bertz CT molecular complexity index is 1340. The lowest BCUT2D eigenvalue weighted by Crippen LogP contribution is -2.16. The average Bonchev–Trinajstić information content (AvgIpc) is 3.25. The molecule has 0 saturated heterocycles. The van der Waals surface area contributed by atoms with Crippen LogP contribution in [0.15, 0.2) is 51.8 Å². The number of alkyl carbamates (subject to hydrolysis) is 1. The number of aromatic nitrogens is 1. The molecule has 2 aromatic heterocycles. The van der Waals surface area contributed by atoms with Crippen LogP contribution in [-0.2, 0) is 18.2 Å². The van der Waals surface area contributed by atoms with E-state index in [0.717, 1.165) is 25.2 Å². The van der Waals surface area contributed by atoms with Crippen molar-refractivity contribution in [3.05, 3.63) is 70.0 Å². The van der Waals surface area contributed by atoms with Gasteiger partial charge < -0.3 is 23.6 Å². The quantitative estimate of drug-likeness (QED) is 0.277. The largest absolute Gasteiger partial charge is 0.507 e. The summed E-state index contributed by atoms with van der Waals surface area (Å²) in [5, 5.41) is 13.5. The lowest BCUT2D eigenvalue weighted by Gasteiger charge is -2.10. The van der Waals surface area contributed by atoms with Gasteiger partial charge in [-0.15, -0.1) is 0 Å². The summed E-state index contributed by atoms with van der Waals surface area (Å²) in [5.41, 5.74) is 1.52. The third kappa shape index (κ3) is 8.77. The number of rotatable bonds is 11. The maximum absolute atomic E-state index is 11.8. The molecule has 1 amide bonds. The second kappa shape index (κ2) is 15.4. The molecule has 0 bridgehead atoms. The summed E-state index contributed by atoms with van der Waals surface area (Å²) in [4.78, 5) is 34.2. The van der Waals surface area contributed by atoms with Crippen LogP contribution >= 0.6 is 0 Å². The third-order valence-electron chi connectivity index (χ3n) is 6.25. The van der Waals surface area contributed by atoms with Gasteiger partial charge in [0.05, 0.1) is 13.7 Å². The molecule has 212 valence electrons. The molecular weight excluding hydrogens is 500 g/mol. The lowest BCUT2D eigenvalue weighted by molar-refractivity contribution is 0.0980. The molecule has 0 aliphatic heterocycles. The van der Waals surface area contributed by atoms with Crippen molar-refractivity contribution < 1.29 is 28.6 Å². The zero-order chi connectivity index (χ0) is 28.9. The van der Waals surface area contributed by atoms with Gasteiger partial charge in [0.25, 0.3) is 0 Å². The fraction of sp³-hybridized carbons (Fsp3) is 0.433. The smallest absolute Gasteiger partial charge is 0.410 e. The van der Waals surface area contributed by atoms with E-state index in [-0.39, 0.29) is 23.7 Å². The molecule has 39 heavy (non-hydrogen) atoms. The second-order valence-electron chi connectivity index (χ2n) is 9.11. The van der Waals surface area contributed by atoms with Gasteiger partial charge in [0, 0.05) is 48.2 Å². The van der Waals surface area contributed by atoms with Crippen molar-refractivity contribution in [1.29, 1.82) is 0 Å². The maximum Gasteiger partial charge on any atom is 0.410 e. The highest BCUT2D eigenvalue weighted by Gasteiger charge is 2.19. The number of allylic oxidation sites excluding steroid dienone is 1. The van der Waals surface area contributed by atoms with Crippen molar-refractivity contribution in [2.45, 2.75) is 65.7 Å². The molecule has 3 aromatic rings. The summed E-state index contributed by atoms with van der Waals surface area (Å²) in [6, 6.07) is 9.88. The van der Waals surface area contributed by atoms with E-state index in [1.54, 1.807) is 13.0 Å². The number of ketones is 1. The molecule has 0 aliphatic carbocycles. The first kappa shape index (κ1) is 31.2. The zero-order valence-electron chi connectivity index (χ0n) is 23.7. The van der Waals surface area contributed by atoms with Crippen molar-refractivity contribution in [3.8, 4) is 11.5 Å². The minimum Gasteiger partial charge on any atom is -0.507 e. The highest BCUT2D eigenvalue weighted by atomic mass is 16.5. The Hall–Kier alpha value is -4.01. The number of Topliss-reactive ketones (excluding diaryl/α,β-unsaturated/α-hetero) is 1.